The van der Waals surface area contributed by atoms with Gasteiger partial charge in [0, 0.05) is 19.1 Å². The van der Waals surface area contributed by atoms with E-state index < -0.39 is 0 Å². The van der Waals surface area contributed by atoms with Gasteiger partial charge in [-0.3, -0.25) is 10.1 Å². The molecule has 3 nitrogen and oxygen atoms in total. The first-order chi connectivity index (χ1) is 4.31. The maximum Gasteiger partial charge on any atom is 0.231 e. The van der Waals surface area contributed by atoms with Gasteiger partial charge in [-0.1, -0.05) is 6.42 Å². The number of terminal acetylenes is 1. The lowest BCUT2D eigenvalue weighted by Crippen LogP contribution is -2.16. The van der Waals surface area contributed by atoms with E-state index in [0.29, 0.717) is 12.8 Å². The van der Waals surface area contributed by atoms with Crippen LogP contribution in [0.1, 0.15) is 12.8 Å². The number of rotatable bonds is 3. The first kappa shape index (κ1) is 7.99. The van der Waals surface area contributed by atoms with E-state index >= 15 is 0 Å². The molecule has 3 heteroatoms. The number of hydrogen-bond donors (Lipinski definition) is 2. The average Bonchev–Trinajstić information content (AvgIpc) is 1.85. The fourth-order valence-electron chi connectivity index (χ4n) is 0.383. The van der Waals surface area contributed by atoms with E-state index in [-0.39, 0.29) is 12.5 Å². The third kappa shape index (κ3) is 4.85. The molecule has 2 N–H and O–H groups in total. The van der Waals surface area contributed by atoms with E-state index in [2.05, 4.69) is 5.32 Å². The number of aliphatic hydroxyl groups is 1. The van der Waals surface area contributed by atoms with Crippen molar-refractivity contribution in [3.8, 4) is 12.5 Å². The molecule has 0 rings (SSSR count). The van der Waals surface area contributed by atoms with Crippen molar-refractivity contribution in [1.29, 1.82) is 0 Å². The molecule has 0 saturated heterocycles. The molecule has 0 spiro atoms. The van der Waals surface area contributed by atoms with E-state index in [0.717, 1.165) is 0 Å². The topological polar surface area (TPSA) is 49.3 Å². The predicted octanol–water partition coefficient (Wildman–Crippen LogP) is -0.534. The number of aliphatic hydroxyl groups excluding tert-OH is 1. The van der Waals surface area contributed by atoms with Gasteiger partial charge in [0.25, 0.3) is 0 Å². The maximum atomic E-state index is 10.4. The number of carbonyl (C=O) groups is 1. The molecule has 0 atom stereocenters. The molecule has 0 fully saturated rings. The summed E-state index contributed by atoms with van der Waals surface area (Å²) in [6.07, 6.45) is 5.51. The maximum absolute atomic E-state index is 10.4. The van der Waals surface area contributed by atoms with Crippen molar-refractivity contribution >= 4 is 5.91 Å². The molecule has 50 valence electrons. The summed E-state index contributed by atoms with van der Waals surface area (Å²) in [5.41, 5.74) is 0. The summed E-state index contributed by atoms with van der Waals surface area (Å²) in [5, 5.41) is 10.4. The normalized spacial score (nSPS) is 8.00. The van der Waals surface area contributed by atoms with Crippen molar-refractivity contribution in [1.82, 2.24) is 5.32 Å². The van der Waals surface area contributed by atoms with Crippen LogP contribution in [-0.2, 0) is 4.79 Å². The minimum atomic E-state index is -0.216. The fourth-order valence-corrected chi connectivity index (χ4v) is 0.383. The van der Waals surface area contributed by atoms with Gasteiger partial charge in [0.1, 0.15) is 0 Å². The van der Waals surface area contributed by atoms with Crippen LogP contribution in [0.2, 0.25) is 0 Å². The Morgan fingerprint density at radius 1 is 1.78 bits per heavy atom. The predicted molar refractivity (Wildman–Crippen MR) is 33.3 cm³/mol. The molecule has 0 saturated carbocycles. The molecular weight excluding hydrogens is 118 g/mol. The highest BCUT2D eigenvalue weighted by molar-refractivity contribution is 5.77. The van der Waals surface area contributed by atoms with E-state index in [1.54, 1.807) is 0 Å². The lowest BCUT2D eigenvalue weighted by atomic mass is 10.3. The van der Waals surface area contributed by atoms with Crippen molar-refractivity contribution < 1.29 is 9.90 Å². The van der Waals surface area contributed by atoms with Crippen LogP contribution in [0.25, 0.3) is 0 Å². The van der Waals surface area contributed by atoms with Crippen LogP contribution in [0.3, 0.4) is 0 Å². The molecule has 0 aliphatic carbocycles. The highest BCUT2D eigenvalue weighted by Crippen LogP contribution is 1.84. The first-order valence-electron chi connectivity index (χ1n) is 2.66. The van der Waals surface area contributed by atoms with Gasteiger partial charge in [-0.05, 0) is 6.42 Å². The van der Waals surface area contributed by atoms with Crippen LogP contribution in [0.5, 0.6) is 0 Å². The Bertz CT molecular complexity index is 126. The lowest BCUT2D eigenvalue weighted by molar-refractivity contribution is -0.120. The van der Waals surface area contributed by atoms with Crippen molar-refractivity contribution in [2.75, 3.05) is 6.61 Å². The fraction of sp³-hybridized carbons (Fsp3) is 0.500. The summed E-state index contributed by atoms with van der Waals surface area (Å²) in [4.78, 5) is 10.4. The Labute approximate surface area is 54.1 Å². The minimum Gasteiger partial charge on any atom is -0.396 e. The van der Waals surface area contributed by atoms with E-state index in [1.807, 2.05) is 6.04 Å². The van der Waals surface area contributed by atoms with Crippen LogP contribution in [0, 0.1) is 12.5 Å². The molecule has 0 heterocycles. The van der Waals surface area contributed by atoms with Crippen LogP contribution in [0.15, 0.2) is 0 Å². The van der Waals surface area contributed by atoms with Crippen molar-refractivity contribution in [2.24, 2.45) is 0 Å². The van der Waals surface area contributed by atoms with Crippen molar-refractivity contribution in [3.63, 3.8) is 0 Å². The highest BCUT2D eigenvalue weighted by Gasteiger charge is 1.95. The molecule has 0 aliphatic rings. The minimum absolute atomic E-state index is 0.0258. The molecule has 0 bridgehead atoms. The summed E-state index contributed by atoms with van der Waals surface area (Å²) < 4.78 is 0. The van der Waals surface area contributed by atoms with Gasteiger partial charge in [0.05, 0.1) is 0 Å². The van der Waals surface area contributed by atoms with Gasteiger partial charge < -0.3 is 5.11 Å². The van der Waals surface area contributed by atoms with E-state index in [9.17, 15) is 4.79 Å². The zero-order valence-electron chi connectivity index (χ0n) is 5.05. The van der Waals surface area contributed by atoms with Gasteiger partial charge in [-0.2, -0.15) is 0 Å². The monoisotopic (exact) mass is 127 g/mol. The quantitative estimate of drug-likeness (QED) is 0.395. The van der Waals surface area contributed by atoms with Crippen LogP contribution < -0.4 is 5.32 Å². The third-order valence-corrected chi connectivity index (χ3v) is 0.774. The SMILES string of the molecule is C#CNC(=O)CCCO. The lowest BCUT2D eigenvalue weighted by Gasteiger charge is -1.93. The zero-order valence-corrected chi connectivity index (χ0v) is 5.05. The Morgan fingerprint density at radius 2 is 2.44 bits per heavy atom. The summed E-state index contributed by atoms with van der Waals surface area (Å²) in [7, 11) is 0. The number of amides is 1. The van der Waals surface area contributed by atoms with Crippen LogP contribution >= 0.6 is 0 Å². The molecular formula is C6H9NO2. The molecule has 0 aromatic carbocycles. The first-order valence-corrected chi connectivity index (χ1v) is 2.66. The van der Waals surface area contributed by atoms with Crippen LogP contribution in [0.4, 0.5) is 0 Å². The second-order valence-corrected chi connectivity index (χ2v) is 1.52. The van der Waals surface area contributed by atoms with Crippen LogP contribution in [-0.4, -0.2) is 17.6 Å². The average molecular weight is 127 g/mol. The smallest absolute Gasteiger partial charge is 0.231 e. The van der Waals surface area contributed by atoms with Gasteiger partial charge in [0.2, 0.25) is 5.91 Å². The summed E-state index contributed by atoms with van der Waals surface area (Å²) in [5.74, 6) is -0.216. The standard InChI is InChI=1S/C6H9NO2/c1-2-7-6(9)4-3-5-8/h1,8H,3-5H2,(H,7,9). The molecule has 0 radical (unpaired) electrons. The number of nitrogens with one attached hydrogen (secondary N) is 1. The van der Waals surface area contributed by atoms with E-state index in [4.69, 9.17) is 11.5 Å². The third-order valence-electron chi connectivity index (χ3n) is 0.774. The molecule has 0 aliphatic heterocycles. The Morgan fingerprint density at radius 3 is 2.89 bits per heavy atom. The van der Waals surface area contributed by atoms with Crippen molar-refractivity contribution in [3.05, 3.63) is 0 Å². The molecule has 0 unspecified atom stereocenters. The van der Waals surface area contributed by atoms with Crippen molar-refractivity contribution in [2.45, 2.75) is 12.8 Å². The summed E-state index contributed by atoms with van der Waals surface area (Å²) in [6.45, 7) is 0.0258. The molecule has 9 heavy (non-hydrogen) atoms. The second-order valence-electron chi connectivity index (χ2n) is 1.52. The number of hydrogen-bond acceptors (Lipinski definition) is 2. The second kappa shape index (κ2) is 5.13. The zero-order chi connectivity index (χ0) is 7.11. The molecule has 1 amide bonds. The highest BCUT2D eigenvalue weighted by atomic mass is 16.3. The van der Waals surface area contributed by atoms with Gasteiger partial charge >= 0.3 is 0 Å². The molecule has 0 aromatic rings. The largest absolute Gasteiger partial charge is 0.396 e. The Balaban J connectivity index is 3.19. The van der Waals surface area contributed by atoms with Gasteiger partial charge in [-0.25, -0.2) is 0 Å². The summed E-state index contributed by atoms with van der Waals surface area (Å²) in [6, 6.07) is 2.00. The summed E-state index contributed by atoms with van der Waals surface area (Å²) >= 11 is 0. The van der Waals surface area contributed by atoms with Gasteiger partial charge in [-0.15, -0.1) is 0 Å². The Hall–Kier alpha value is -1.01. The number of carbonyl (C=O) groups excluding carboxylic acids is 1. The van der Waals surface area contributed by atoms with E-state index in [1.165, 1.54) is 0 Å². The molecule has 0 aromatic heterocycles. The Kier molecular flexibility index (Phi) is 4.56. The van der Waals surface area contributed by atoms with Gasteiger partial charge in [0.15, 0.2) is 0 Å².